The lowest BCUT2D eigenvalue weighted by molar-refractivity contribution is -0.121. The topological polar surface area (TPSA) is 86.8 Å². The van der Waals surface area contributed by atoms with Crippen molar-refractivity contribution in [3.05, 3.63) is 48.5 Å². The summed E-state index contributed by atoms with van der Waals surface area (Å²) in [6.07, 6.45) is 1.94. The van der Waals surface area contributed by atoms with E-state index in [0.29, 0.717) is 30.4 Å². The summed E-state index contributed by atoms with van der Waals surface area (Å²) >= 11 is 1.52. The number of thioether (sulfide) groups is 1. The molecule has 9 heteroatoms. The summed E-state index contributed by atoms with van der Waals surface area (Å²) in [5, 5.41) is 2.82. The number of sulfonamides is 1. The summed E-state index contributed by atoms with van der Waals surface area (Å²) in [4.78, 5) is 28.2. The Kier molecular flexibility index (Phi) is 7.11. The van der Waals surface area contributed by atoms with Crippen molar-refractivity contribution in [2.45, 2.75) is 48.2 Å². The lowest BCUT2D eigenvalue weighted by Crippen LogP contribution is -2.39. The molecular formula is C24H29N3O4S2. The van der Waals surface area contributed by atoms with Gasteiger partial charge in [0.1, 0.15) is 6.54 Å². The Morgan fingerprint density at radius 2 is 1.79 bits per heavy atom. The van der Waals surface area contributed by atoms with Crippen LogP contribution in [-0.4, -0.2) is 49.4 Å². The molecule has 0 radical (unpaired) electrons. The molecule has 0 spiro atoms. The summed E-state index contributed by atoms with van der Waals surface area (Å²) in [7, 11) is -3.68. The number of carbonyl (C=O) groups excluding carboxylic acids is 2. The minimum absolute atomic E-state index is 0.0180. The Morgan fingerprint density at radius 1 is 1.09 bits per heavy atom. The standard InChI is InChI=1S/C24H29N3O4S2/c1-17-10-12-26(13-11-17)33(30,31)20-8-9-22-21(15-20)27(24(29)14-18(2)32-22)16-23(28)25-19-6-4-3-5-7-19/h3-9,15,17-18H,10-14,16H2,1-2H3,(H,25,28)/t18-/m1/s1. The molecule has 0 aliphatic carbocycles. The van der Waals surface area contributed by atoms with E-state index in [1.54, 1.807) is 30.3 Å². The number of nitrogens with zero attached hydrogens (tertiary/aromatic N) is 2. The molecule has 2 aromatic rings. The van der Waals surface area contributed by atoms with Crippen LogP contribution in [0.2, 0.25) is 0 Å². The maximum atomic E-state index is 13.3. The number of benzene rings is 2. The number of hydrogen-bond donors (Lipinski definition) is 1. The molecule has 4 rings (SSSR count). The first-order chi connectivity index (χ1) is 15.7. The van der Waals surface area contributed by atoms with Gasteiger partial charge in [-0.2, -0.15) is 4.31 Å². The molecule has 2 amide bonds. The molecule has 0 saturated carbocycles. The van der Waals surface area contributed by atoms with E-state index in [0.717, 1.165) is 17.7 Å². The molecule has 1 saturated heterocycles. The first-order valence-electron chi connectivity index (χ1n) is 11.2. The zero-order chi connectivity index (χ0) is 23.6. The van der Waals surface area contributed by atoms with E-state index in [1.807, 2.05) is 25.1 Å². The van der Waals surface area contributed by atoms with Crippen LogP contribution in [0, 0.1) is 5.92 Å². The van der Waals surface area contributed by atoms with Gasteiger partial charge < -0.3 is 10.2 Å². The number of fused-ring (bicyclic) bond motifs is 1. The van der Waals surface area contributed by atoms with E-state index in [-0.39, 0.29) is 34.9 Å². The highest BCUT2D eigenvalue weighted by molar-refractivity contribution is 8.00. The van der Waals surface area contributed by atoms with E-state index in [1.165, 1.54) is 21.0 Å². The molecular weight excluding hydrogens is 458 g/mol. The van der Waals surface area contributed by atoms with Gasteiger partial charge in [-0.15, -0.1) is 11.8 Å². The second-order valence-corrected chi connectivity index (χ2v) is 12.2. The zero-order valence-corrected chi connectivity index (χ0v) is 20.5. The van der Waals surface area contributed by atoms with Crippen molar-refractivity contribution >= 4 is 45.0 Å². The van der Waals surface area contributed by atoms with E-state index >= 15 is 0 Å². The predicted octanol–water partition coefficient (Wildman–Crippen LogP) is 3.96. The number of rotatable bonds is 5. The van der Waals surface area contributed by atoms with Gasteiger partial charge in [0, 0.05) is 35.3 Å². The van der Waals surface area contributed by atoms with Crippen LogP contribution < -0.4 is 10.2 Å². The fraction of sp³-hybridized carbons (Fsp3) is 0.417. The molecule has 2 heterocycles. The van der Waals surface area contributed by atoms with Gasteiger partial charge in [-0.25, -0.2) is 8.42 Å². The molecule has 0 unspecified atom stereocenters. The van der Waals surface area contributed by atoms with Crippen LogP contribution in [-0.2, 0) is 19.6 Å². The third kappa shape index (κ3) is 5.42. The molecule has 33 heavy (non-hydrogen) atoms. The minimum atomic E-state index is -3.68. The van der Waals surface area contributed by atoms with Gasteiger partial charge in [0.05, 0.1) is 10.6 Å². The van der Waals surface area contributed by atoms with E-state index in [9.17, 15) is 18.0 Å². The number of piperidine rings is 1. The fourth-order valence-corrected chi connectivity index (χ4v) is 6.72. The van der Waals surface area contributed by atoms with Crippen LogP contribution >= 0.6 is 11.8 Å². The normalized spacial score (nSPS) is 20.2. The SMILES string of the molecule is CC1CCN(S(=O)(=O)c2ccc3c(c2)N(CC(=O)Nc2ccccc2)C(=O)C[C@@H](C)S3)CC1. The van der Waals surface area contributed by atoms with Gasteiger partial charge in [-0.1, -0.05) is 32.0 Å². The Hall–Kier alpha value is -2.36. The molecule has 0 bridgehead atoms. The first-order valence-corrected chi connectivity index (χ1v) is 13.5. The van der Waals surface area contributed by atoms with Gasteiger partial charge in [0.15, 0.2) is 0 Å². The lowest BCUT2D eigenvalue weighted by atomic mass is 10.0. The van der Waals surface area contributed by atoms with Crippen molar-refractivity contribution in [3.8, 4) is 0 Å². The van der Waals surface area contributed by atoms with Crippen LogP contribution in [0.3, 0.4) is 0 Å². The van der Waals surface area contributed by atoms with Crippen LogP contribution in [0.25, 0.3) is 0 Å². The number of carbonyl (C=O) groups is 2. The molecule has 176 valence electrons. The van der Waals surface area contributed by atoms with Crippen LogP contribution in [0.1, 0.15) is 33.1 Å². The molecule has 1 fully saturated rings. The number of para-hydroxylation sites is 1. The molecule has 0 aromatic heterocycles. The van der Waals surface area contributed by atoms with Crippen LogP contribution in [0.4, 0.5) is 11.4 Å². The van der Waals surface area contributed by atoms with Gasteiger partial charge in [0.2, 0.25) is 21.8 Å². The minimum Gasteiger partial charge on any atom is -0.325 e. The van der Waals surface area contributed by atoms with E-state index in [4.69, 9.17) is 0 Å². The van der Waals surface area contributed by atoms with Gasteiger partial charge >= 0.3 is 0 Å². The van der Waals surface area contributed by atoms with Crippen LogP contribution in [0.15, 0.2) is 58.3 Å². The number of nitrogens with one attached hydrogen (secondary N) is 1. The largest absolute Gasteiger partial charge is 0.325 e. The highest BCUT2D eigenvalue weighted by atomic mass is 32.2. The summed E-state index contributed by atoms with van der Waals surface area (Å²) in [6, 6.07) is 14.0. The van der Waals surface area contributed by atoms with Crippen molar-refractivity contribution in [2.24, 2.45) is 5.92 Å². The molecule has 7 nitrogen and oxygen atoms in total. The Morgan fingerprint density at radius 3 is 2.48 bits per heavy atom. The first kappa shape index (κ1) is 23.8. The highest BCUT2D eigenvalue weighted by Crippen LogP contribution is 2.40. The number of hydrogen-bond acceptors (Lipinski definition) is 5. The van der Waals surface area contributed by atoms with E-state index < -0.39 is 10.0 Å². The van der Waals surface area contributed by atoms with Crippen molar-refractivity contribution in [1.82, 2.24) is 4.31 Å². The number of anilines is 2. The Labute approximate surface area is 199 Å². The number of amides is 2. The van der Waals surface area contributed by atoms with Gasteiger partial charge in [0.25, 0.3) is 0 Å². The van der Waals surface area contributed by atoms with Crippen molar-refractivity contribution in [2.75, 3.05) is 29.9 Å². The summed E-state index contributed by atoms with van der Waals surface area (Å²) in [5.41, 5.74) is 1.12. The Bertz CT molecular complexity index is 1130. The van der Waals surface area contributed by atoms with E-state index in [2.05, 4.69) is 12.2 Å². The second-order valence-electron chi connectivity index (χ2n) is 8.74. The molecule has 2 aromatic carbocycles. The van der Waals surface area contributed by atoms with Gasteiger partial charge in [-0.3, -0.25) is 9.59 Å². The monoisotopic (exact) mass is 487 g/mol. The predicted molar refractivity (Wildman–Crippen MR) is 131 cm³/mol. The molecule has 1 N–H and O–H groups in total. The Balaban J connectivity index is 1.64. The quantitative estimate of drug-likeness (QED) is 0.690. The average molecular weight is 488 g/mol. The summed E-state index contributed by atoms with van der Waals surface area (Å²) < 4.78 is 28.2. The zero-order valence-electron chi connectivity index (χ0n) is 18.9. The van der Waals surface area contributed by atoms with Crippen LogP contribution in [0.5, 0.6) is 0 Å². The highest BCUT2D eigenvalue weighted by Gasteiger charge is 2.32. The summed E-state index contributed by atoms with van der Waals surface area (Å²) in [5.74, 6) is -0.0192. The third-order valence-corrected chi connectivity index (χ3v) is 9.11. The third-order valence-electron chi connectivity index (χ3n) is 6.05. The lowest BCUT2D eigenvalue weighted by Gasteiger charge is -2.30. The van der Waals surface area contributed by atoms with Crippen molar-refractivity contribution < 1.29 is 18.0 Å². The van der Waals surface area contributed by atoms with Crippen molar-refractivity contribution in [3.63, 3.8) is 0 Å². The molecule has 1 atom stereocenters. The fourth-order valence-electron chi connectivity index (χ4n) is 4.13. The second kappa shape index (κ2) is 9.87. The van der Waals surface area contributed by atoms with Gasteiger partial charge in [-0.05, 0) is 49.1 Å². The van der Waals surface area contributed by atoms with Crippen molar-refractivity contribution in [1.29, 1.82) is 0 Å². The average Bonchev–Trinajstić information content (AvgIpc) is 2.89. The molecule has 2 aliphatic heterocycles. The smallest absolute Gasteiger partial charge is 0.244 e. The maximum Gasteiger partial charge on any atom is 0.244 e. The molecule has 2 aliphatic rings. The summed E-state index contributed by atoms with van der Waals surface area (Å²) in [6.45, 7) is 4.90. The maximum absolute atomic E-state index is 13.3.